The highest BCUT2D eigenvalue weighted by Gasteiger charge is 2.32. The third-order valence-electron chi connectivity index (χ3n) is 6.29. The molecule has 0 aliphatic rings. The van der Waals surface area contributed by atoms with Gasteiger partial charge >= 0.3 is 5.97 Å². The van der Waals surface area contributed by atoms with Gasteiger partial charge in [0.05, 0.1) is 6.04 Å². The van der Waals surface area contributed by atoms with Crippen LogP contribution in [0.1, 0.15) is 31.9 Å². The van der Waals surface area contributed by atoms with Crippen LogP contribution < -0.4 is 21.7 Å². The molecule has 0 spiro atoms. The number of aromatic amines is 1. The van der Waals surface area contributed by atoms with Gasteiger partial charge in [0, 0.05) is 29.9 Å². The largest absolute Gasteiger partial charge is 0.480 e. The molecule has 38 heavy (non-hydrogen) atoms. The van der Waals surface area contributed by atoms with Crippen molar-refractivity contribution in [2.24, 2.45) is 11.7 Å². The van der Waals surface area contributed by atoms with E-state index < -0.39 is 47.9 Å². The number of fused-ring (bicyclic) bond motifs is 1. The number of nitrogens with two attached hydrogens (primary N) is 1. The number of aliphatic carboxylic acids is 1. The second kappa shape index (κ2) is 12.9. The van der Waals surface area contributed by atoms with Crippen LogP contribution in [0.3, 0.4) is 0 Å². The van der Waals surface area contributed by atoms with Crippen molar-refractivity contribution in [2.75, 3.05) is 0 Å². The Kier molecular flexibility index (Phi) is 9.61. The highest BCUT2D eigenvalue weighted by Crippen LogP contribution is 2.19. The molecule has 10 heteroatoms. The SMILES string of the molecule is CC(N)C(=O)NC(Cc1ccccc1)C(=O)NC(C(=O)NC(Cc1c[nH]c2ccccc12)C(=O)O)C(C)C. The van der Waals surface area contributed by atoms with E-state index in [4.69, 9.17) is 5.73 Å². The van der Waals surface area contributed by atoms with Gasteiger partial charge in [-0.1, -0.05) is 62.4 Å². The zero-order valence-corrected chi connectivity index (χ0v) is 21.7. The van der Waals surface area contributed by atoms with Crippen LogP contribution in [-0.4, -0.2) is 57.9 Å². The van der Waals surface area contributed by atoms with Crippen molar-refractivity contribution in [3.63, 3.8) is 0 Å². The minimum absolute atomic E-state index is 0.0604. The number of carboxylic acid groups (broad SMARTS) is 1. The van der Waals surface area contributed by atoms with Crippen molar-refractivity contribution < 1.29 is 24.3 Å². The van der Waals surface area contributed by atoms with Gasteiger partial charge in [0.15, 0.2) is 0 Å². The molecule has 3 amide bonds. The molecule has 3 rings (SSSR count). The van der Waals surface area contributed by atoms with Crippen molar-refractivity contribution in [1.82, 2.24) is 20.9 Å². The predicted molar refractivity (Wildman–Crippen MR) is 144 cm³/mol. The lowest BCUT2D eigenvalue weighted by Gasteiger charge is -2.27. The van der Waals surface area contributed by atoms with E-state index >= 15 is 0 Å². The quantitative estimate of drug-likeness (QED) is 0.211. The van der Waals surface area contributed by atoms with Crippen LogP contribution in [0.5, 0.6) is 0 Å². The van der Waals surface area contributed by atoms with E-state index in [-0.39, 0.29) is 18.8 Å². The summed E-state index contributed by atoms with van der Waals surface area (Å²) < 4.78 is 0. The number of hydrogen-bond donors (Lipinski definition) is 6. The Morgan fingerprint density at radius 3 is 2.08 bits per heavy atom. The Labute approximate surface area is 221 Å². The zero-order valence-electron chi connectivity index (χ0n) is 21.7. The Balaban J connectivity index is 1.75. The van der Waals surface area contributed by atoms with Gasteiger partial charge in [0.25, 0.3) is 0 Å². The minimum atomic E-state index is -1.21. The van der Waals surface area contributed by atoms with Gasteiger partial charge in [-0.3, -0.25) is 14.4 Å². The summed E-state index contributed by atoms with van der Waals surface area (Å²) in [6, 6.07) is 12.6. The number of carbonyl (C=O) groups excluding carboxylic acids is 3. The van der Waals surface area contributed by atoms with Crippen LogP contribution in [0, 0.1) is 5.92 Å². The van der Waals surface area contributed by atoms with Crippen molar-refractivity contribution in [3.8, 4) is 0 Å². The average Bonchev–Trinajstić information content (AvgIpc) is 3.29. The zero-order chi connectivity index (χ0) is 27.8. The maximum atomic E-state index is 13.3. The lowest BCUT2D eigenvalue weighted by Crippen LogP contribution is -2.58. The molecule has 0 radical (unpaired) electrons. The summed E-state index contributed by atoms with van der Waals surface area (Å²) in [5.74, 6) is -3.25. The Hall–Kier alpha value is -4.18. The molecule has 0 fully saturated rings. The molecule has 1 heterocycles. The molecule has 202 valence electrons. The summed E-state index contributed by atoms with van der Waals surface area (Å²) in [6.07, 6.45) is 1.98. The van der Waals surface area contributed by atoms with E-state index in [1.807, 2.05) is 54.6 Å². The maximum Gasteiger partial charge on any atom is 0.326 e. The van der Waals surface area contributed by atoms with Crippen LogP contribution in [0.25, 0.3) is 10.9 Å². The van der Waals surface area contributed by atoms with Crippen molar-refractivity contribution in [3.05, 3.63) is 71.9 Å². The molecule has 0 bridgehead atoms. The van der Waals surface area contributed by atoms with Gasteiger partial charge in [-0.2, -0.15) is 0 Å². The van der Waals surface area contributed by atoms with E-state index in [0.717, 1.165) is 22.0 Å². The normalized spacial score (nSPS) is 14.3. The molecule has 4 unspecified atom stereocenters. The number of rotatable bonds is 12. The van der Waals surface area contributed by atoms with Crippen molar-refractivity contribution in [1.29, 1.82) is 0 Å². The Morgan fingerprint density at radius 2 is 1.45 bits per heavy atom. The Morgan fingerprint density at radius 1 is 0.816 bits per heavy atom. The van der Waals surface area contributed by atoms with Gasteiger partial charge in [-0.15, -0.1) is 0 Å². The number of para-hydroxylation sites is 1. The molecule has 3 aromatic rings. The fraction of sp³-hybridized carbons (Fsp3) is 0.357. The van der Waals surface area contributed by atoms with Gasteiger partial charge in [0.1, 0.15) is 18.1 Å². The van der Waals surface area contributed by atoms with Crippen molar-refractivity contribution >= 4 is 34.6 Å². The van der Waals surface area contributed by atoms with E-state index in [2.05, 4.69) is 20.9 Å². The first kappa shape index (κ1) is 28.4. The van der Waals surface area contributed by atoms with Crippen LogP contribution >= 0.6 is 0 Å². The molecule has 10 nitrogen and oxygen atoms in total. The van der Waals surface area contributed by atoms with E-state index in [9.17, 15) is 24.3 Å². The number of aromatic nitrogens is 1. The van der Waals surface area contributed by atoms with E-state index in [1.54, 1.807) is 20.0 Å². The highest BCUT2D eigenvalue weighted by molar-refractivity contribution is 5.94. The average molecular weight is 522 g/mol. The minimum Gasteiger partial charge on any atom is -0.480 e. The number of H-pyrrole nitrogens is 1. The molecule has 4 atom stereocenters. The fourth-order valence-electron chi connectivity index (χ4n) is 4.13. The van der Waals surface area contributed by atoms with E-state index in [0.29, 0.717) is 0 Å². The van der Waals surface area contributed by atoms with Gasteiger partial charge in [-0.25, -0.2) is 4.79 Å². The maximum absolute atomic E-state index is 13.3. The van der Waals surface area contributed by atoms with Crippen LogP contribution in [0.15, 0.2) is 60.8 Å². The predicted octanol–water partition coefficient (Wildman–Crippen LogP) is 1.50. The monoisotopic (exact) mass is 521 g/mol. The molecule has 0 saturated carbocycles. The van der Waals surface area contributed by atoms with Crippen LogP contribution in [0.4, 0.5) is 0 Å². The summed E-state index contributed by atoms with van der Waals surface area (Å²) in [5.41, 5.74) is 8.11. The molecule has 0 aliphatic carbocycles. The number of nitrogens with one attached hydrogen (secondary N) is 4. The first-order chi connectivity index (χ1) is 18.1. The molecule has 0 aliphatic heterocycles. The number of carbonyl (C=O) groups is 4. The standard InChI is InChI=1S/C28H35N5O5/c1-16(2)24(33-26(35)22(31-25(34)17(3)29)13-18-9-5-4-6-10-18)27(36)32-23(28(37)38)14-19-15-30-21-12-8-7-11-20(19)21/h4-12,15-17,22-24,30H,13-14,29H2,1-3H3,(H,31,34)(H,32,36)(H,33,35)(H,37,38). The second-order valence-corrected chi connectivity index (χ2v) is 9.73. The summed E-state index contributed by atoms with van der Waals surface area (Å²) >= 11 is 0. The molecule has 1 aromatic heterocycles. The summed E-state index contributed by atoms with van der Waals surface area (Å²) in [4.78, 5) is 54.0. The topological polar surface area (TPSA) is 166 Å². The first-order valence-corrected chi connectivity index (χ1v) is 12.5. The van der Waals surface area contributed by atoms with Gasteiger partial charge in [-0.05, 0) is 30.0 Å². The van der Waals surface area contributed by atoms with Gasteiger partial charge < -0.3 is 31.8 Å². The summed E-state index contributed by atoms with van der Waals surface area (Å²) in [7, 11) is 0. The van der Waals surface area contributed by atoms with Crippen LogP contribution in [0.2, 0.25) is 0 Å². The number of hydrogen-bond acceptors (Lipinski definition) is 5. The second-order valence-electron chi connectivity index (χ2n) is 9.73. The highest BCUT2D eigenvalue weighted by atomic mass is 16.4. The summed E-state index contributed by atoms with van der Waals surface area (Å²) in [6.45, 7) is 5.00. The Bertz CT molecular complexity index is 1270. The third-order valence-corrected chi connectivity index (χ3v) is 6.29. The third kappa shape index (κ3) is 7.42. The molecular weight excluding hydrogens is 486 g/mol. The summed E-state index contributed by atoms with van der Waals surface area (Å²) in [5, 5.41) is 18.6. The van der Waals surface area contributed by atoms with Crippen molar-refractivity contribution in [2.45, 2.75) is 57.8 Å². The lowest BCUT2D eigenvalue weighted by molar-refractivity contribution is -0.142. The van der Waals surface area contributed by atoms with E-state index in [1.165, 1.54) is 6.92 Å². The number of benzene rings is 2. The van der Waals surface area contributed by atoms with Crippen LogP contribution in [-0.2, 0) is 32.0 Å². The fourth-order valence-corrected chi connectivity index (χ4v) is 4.13. The first-order valence-electron chi connectivity index (χ1n) is 12.5. The molecule has 2 aromatic carbocycles. The lowest BCUT2D eigenvalue weighted by atomic mass is 9.99. The molecule has 7 N–H and O–H groups in total. The number of amides is 3. The smallest absolute Gasteiger partial charge is 0.326 e. The molecule has 0 saturated heterocycles. The molecular formula is C28H35N5O5. The van der Waals surface area contributed by atoms with Gasteiger partial charge in [0.2, 0.25) is 17.7 Å². The number of carboxylic acids is 1.